The molecule has 0 saturated carbocycles. The molecule has 0 radical (unpaired) electrons. The van der Waals surface area contributed by atoms with Crippen molar-refractivity contribution in [2.24, 2.45) is 0 Å². The summed E-state index contributed by atoms with van der Waals surface area (Å²) in [5.41, 5.74) is 2.23. The fourth-order valence-corrected chi connectivity index (χ4v) is 2.12. The maximum atomic E-state index is 11.7. The largest absolute Gasteiger partial charge is 0.425 e. The molecule has 0 atom stereocenters. The predicted octanol–water partition coefficient (Wildman–Crippen LogP) is 4.47. The molecule has 2 rings (SSSR count). The van der Waals surface area contributed by atoms with Crippen LogP contribution in [-0.4, -0.2) is 19.2 Å². The topological polar surface area (TPSA) is 35.5 Å². The van der Waals surface area contributed by atoms with Gasteiger partial charge in [0.05, 0.1) is 0 Å². The van der Waals surface area contributed by atoms with E-state index in [-0.39, 0.29) is 12.6 Å². The molecule has 2 aromatic carbocycles. The fourth-order valence-electron chi connectivity index (χ4n) is 2.12. The average molecular weight is 298 g/mol. The van der Waals surface area contributed by atoms with Gasteiger partial charge in [-0.2, -0.15) is 0 Å². The molecule has 0 aliphatic carbocycles. The van der Waals surface area contributed by atoms with Gasteiger partial charge in [-0.05, 0) is 29.7 Å². The summed E-state index contributed by atoms with van der Waals surface area (Å²) in [6.07, 6.45) is 3.24. The van der Waals surface area contributed by atoms with Gasteiger partial charge < -0.3 is 9.47 Å². The van der Waals surface area contributed by atoms with Crippen molar-refractivity contribution >= 4 is 5.97 Å². The second kappa shape index (κ2) is 9.00. The second-order valence-corrected chi connectivity index (χ2v) is 5.12. The molecule has 0 heterocycles. The Labute approximate surface area is 131 Å². The molecule has 0 amide bonds. The molecule has 0 aromatic heterocycles. The van der Waals surface area contributed by atoms with Gasteiger partial charge in [-0.25, -0.2) is 4.79 Å². The van der Waals surface area contributed by atoms with Crippen molar-refractivity contribution in [3.63, 3.8) is 0 Å². The Morgan fingerprint density at radius 1 is 0.909 bits per heavy atom. The Kier molecular flexibility index (Phi) is 6.65. The van der Waals surface area contributed by atoms with Gasteiger partial charge >= 0.3 is 5.97 Å². The Bertz CT molecular complexity index is 561. The van der Waals surface area contributed by atoms with E-state index in [4.69, 9.17) is 9.47 Å². The van der Waals surface area contributed by atoms with Gasteiger partial charge in [0.25, 0.3) is 0 Å². The molecule has 116 valence electrons. The monoisotopic (exact) mass is 298 g/mol. The molecule has 0 aliphatic heterocycles. The van der Waals surface area contributed by atoms with Gasteiger partial charge in [0.15, 0.2) is 0 Å². The maximum absolute atomic E-state index is 11.7. The Hall–Kier alpha value is -2.13. The van der Waals surface area contributed by atoms with Gasteiger partial charge in [-0.3, -0.25) is 0 Å². The van der Waals surface area contributed by atoms with Crippen molar-refractivity contribution < 1.29 is 14.3 Å². The lowest BCUT2D eigenvalue weighted by Gasteiger charge is -2.07. The van der Waals surface area contributed by atoms with Crippen LogP contribution in [0.3, 0.4) is 0 Å². The smallest absolute Gasteiger partial charge is 0.337 e. The van der Waals surface area contributed by atoms with Crippen LogP contribution in [0.25, 0.3) is 11.1 Å². The normalized spacial score (nSPS) is 10.4. The van der Waals surface area contributed by atoms with Crippen molar-refractivity contribution in [2.75, 3.05) is 13.2 Å². The highest BCUT2D eigenvalue weighted by Crippen LogP contribution is 2.22. The predicted molar refractivity (Wildman–Crippen MR) is 87.9 cm³/mol. The summed E-state index contributed by atoms with van der Waals surface area (Å²) in [7, 11) is 0. The van der Waals surface area contributed by atoms with E-state index in [0.717, 1.165) is 30.4 Å². The highest BCUT2D eigenvalue weighted by Gasteiger charge is 2.05. The van der Waals surface area contributed by atoms with Crippen molar-refractivity contribution in [1.29, 1.82) is 0 Å². The first-order valence-electron chi connectivity index (χ1n) is 7.73. The number of hydrogen-bond acceptors (Lipinski definition) is 3. The number of carbonyl (C=O) groups excluding carboxylic acids is 1. The second-order valence-electron chi connectivity index (χ2n) is 5.12. The number of ether oxygens (including phenoxy) is 2. The Morgan fingerprint density at radius 3 is 2.27 bits per heavy atom. The minimum Gasteiger partial charge on any atom is -0.425 e. The summed E-state index contributed by atoms with van der Waals surface area (Å²) >= 11 is 0. The lowest BCUT2D eigenvalue weighted by molar-refractivity contribution is -0.139. The first-order valence-corrected chi connectivity index (χ1v) is 7.73. The number of esters is 1. The van der Waals surface area contributed by atoms with E-state index < -0.39 is 0 Å². The number of hydrogen-bond donors (Lipinski definition) is 0. The first kappa shape index (κ1) is 16.2. The van der Waals surface area contributed by atoms with Crippen LogP contribution in [0.4, 0.5) is 0 Å². The van der Waals surface area contributed by atoms with Crippen LogP contribution in [0.1, 0.15) is 26.2 Å². The van der Waals surface area contributed by atoms with E-state index >= 15 is 0 Å². The number of carbonyl (C=O) groups is 1. The van der Waals surface area contributed by atoms with Crippen molar-refractivity contribution in [2.45, 2.75) is 26.2 Å². The van der Waals surface area contributed by atoms with E-state index in [1.165, 1.54) is 0 Å². The number of rotatable bonds is 8. The van der Waals surface area contributed by atoms with Gasteiger partial charge in [0.2, 0.25) is 0 Å². The minimum absolute atomic E-state index is 0.00412. The van der Waals surface area contributed by atoms with Crippen LogP contribution < -0.4 is 4.74 Å². The van der Waals surface area contributed by atoms with Gasteiger partial charge in [-0.15, -0.1) is 0 Å². The van der Waals surface area contributed by atoms with Crippen molar-refractivity contribution in [1.82, 2.24) is 0 Å². The third-order valence-electron chi connectivity index (χ3n) is 3.31. The molecular formula is C19H22O3. The molecule has 0 saturated heterocycles. The van der Waals surface area contributed by atoms with Gasteiger partial charge in [0, 0.05) is 6.61 Å². The first-order chi connectivity index (χ1) is 10.8. The van der Waals surface area contributed by atoms with Crippen LogP contribution in [0.15, 0.2) is 54.6 Å². The molecule has 2 aromatic rings. The summed E-state index contributed by atoms with van der Waals surface area (Å²) in [6, 6.07) is 17.6. The molecule has 0 spiro atoms. The fraction of sp³-hybridized carbons (Fsp3) is 0.316. The molecule has 0 unspecified atom stereocenters. The minimum atomic E-state index is -0.357. The van der Waals surface area contributed by atoms with E-state index in [9.17, 15) is 4.79 Å². The number of benzene rings is 2. The molecule has 22 heavy (non-hydrogen) atoms. The zero-order valence-electron chi connectivity index (χ0n) is 13.0. The molecule has 3 nitrogen and oxygen atoms in total. The van der Waals surface area contributed by atoms with Gasteiger partial charge in [0.1, 0.15) is 12.4 Å². The van der Waals surface area contributed by atoms with Crippen molar-refractivity contribution in [3.05, 3.63) is 54.6 Å². The number of unbranched alkanes of at least 4 members (excludes halogenated alkanes) is 2. The summed E-state index contributed by atoms with van der Waals surface area (Å²) < 4.78 is 10.5. The van der Waals surface area contributed by atoms with E-state index in [0.29, 0.717) is 12.4 Å². The van der Waals surface area contributed by atoms with Gasteiger partial charge in [-0.1, -0.05) is 62.2 Å². The third-order valence-corrected chi connectivity index (χ3v) is 3.31. The van der Waals surface area contributed by atoms with Crippen LogP contribution in [0.2, 0.25) is 0 Å². The Balaban J connectivity index is 1.80. The van der Waals surface area contributed by atoms with E-state index in [1.54, 1.807) is 12.1 Å². The maximum Gasteiger partial charge on any atom is 0.337 e. The van der Waals surface area contributed by atoms with Crippen LogP contribution in [0.5, 0.6) is 5.75 Å². The molecule has 3 heteroatoms. The molecular weight excluding hydrogens is 276 g/mol. The summed E-state index contributed by atoms with van der Waals surface area (Å²) in [5.74, 6) is 0.186. The summed E-state index contributed by atoms with van der Waals surface area (Å²) in [6.45, 7) is 2.74. The molecule has 0 fully saturated rings. The molecule has 0 aliphatic rings. The van der Waals surface area contributed by atoms with E-state index in [1.807, 2.05) is 42.5 Å². The Morgan fingerprint density at radius 2 is 1.59 bits per heavy atom. The zero-order chi connectivity index (χ0) is 15.6. The average Bonchev–Trinajstić information content (AvgIpc) is 2.56. The lowest BCUT2D eigenvalue weighted by Crippen LogP contribution is -2.16. The lowest BCUT2D eigenvalue weighted by atomic mass is 10.1. The standard InChI is InChI=1S/C19H22O3/c1-2-3-7-14-21-15-19(20)22-18-12-10-17(11-13-18)16-8-5-4-6-9-16/h4-6,8-13H,2-3,7,14-15H2,1H3. The van der Waals surface area contributed by atoms with Crippen LogP contribution >= 0.6 is 0 Å². The third kappa shape index (κ3) is 5.34. The zero-order valence-corrected chi connectivity index (χ0v) is 13.0. The highest BCUT2D eigenvalue weighted by atomic mass is 16.6. The molecule has 0 N–H and O–H groups in total. The van der Waals surface area contributed by atoms with E-state index in [2.05, 4.69) is 6.92 Å². The van der Waals surface area contributed by atoms with Crippen LogP contribution in [-0.2, 0) is 9.53 Å². The molecule has 0 bridgehead atoms. The van der Waals surface area contributed by atoms with Crippen molar-refractivity contribution in [3.8, 4) is 16.9 Å². The SMILES string of the molecule is CCCCCOCC(=O)Oc1ccc(-c2ccccc2)cc1. The quantitative estimate of drug-likeness (QED) is 0.410. The highest BCUT2D eigenvalue weighted by molar-refractivity contribution is 5.74. The van der Waals surface area contributed by atoms with Crippen LogP contribution in [0, 0.1) is 0 Å². The summed E-state index contributed by atoms with van der Waals surface area (Å²) in [5, 5.41) is 0. The summed E-state index contributed by atoms with van der Waals surface area (Å²) in [4.78, 5) is 11.7.